The van der Waals surface area contributed by atoms with Gasteiger partial charge in [-0.1, -0.05) is 26.7 Å². The van der Waals surface area contributed by atoms with E-state index in [0.29, 0.717) is 0 Å². The van der Waals surface area contributed by atoms with E-state index in [1.165, 1.54) is 0 Å². The summed E-state index contributed by atoms with van der Waals surface area (Å²) >= 11 is 0. The molecule has 0 saturated carbocycles. The monoisotopic (exact) mass is 297 g/mol. The van der Waals surface area contributed by atoms with Crippen molar-refractivity contribution in [2.75, 3.05) is 13.1 Å². The third-order valence-corrected chi connectivity index (χ3v) is 3.44. The Morgan fingerprint density at radius 1 is 1.10 bits per heavy atom. The molecule has 0 radical (unpaired) electrons. The van der Waals surface area contributed by atoms with Gasteiger partial charge in [-0.3, -0.25) is 9.78 Å². The first-order valence-electron chi connectivity index (χ1n) is 7.39. The van der Waals surface area contributed by atoms with Gasteiger partial charge in [0.15, 0.2) is 0 Å². The second kappa shape index (κ2) is 8.41. The number of quaternary nitrogens is 1. The number of carbonyl (C=O) groups is 1. The second-order valence-corrected chi connectivity index (χ2v) is 5.18. The van der Waals surface area contributed by atoms with E-state index in [2.05, 4.69) is 23.8 Å². The summed E-state index contributed by atoms with van der Waals surface area (Å²) in [7, 11) is 0. The predicted octanol–water partition coefficient (Wildman–Crippen LogP) is -1.59. The third-order valence-electron chi connectivity index (χ3n) is 3.44. The molecule has 0 unspecified atom stereocenters. The fraction of sp³-hybridized carbons (Fsp3) is 0.643. The van der Waals surface area contributed by atoms with Gasteiger partial charge in [-0.25, -0.2) is 4.79 Å². The summed E-state index contributed by atoms with van der Waals surface area (Å²) in [6.07, 6.45) is 4.07. The van der Waals surface area contributed by atoms with Crippen LogP contribution in [0.25, 0.3) is 0 Å². The van der Waals surface area contributed by atoms with Crippen LogP contribution >= 0.6 is 0 Å². The van der Waals surface area contributed by atoms with Crippen molar-refractivity contribution in [3.8, 4) is 0 Å². The van der Waals surface area contributed by atoms with Crippen LogP contribution in [0.3, 0.4) is 0 Å². The zero-order valence-electron chi connectivity index (χ0n) is 12.6. The highest BCUT2D eigenvalue weighted by molar-refractivity contribution is 5.84. The minimum Gasteiger partial charge on any atom is -0.543 e. The Balaban J connectivity index is 3.04. The van der Waals surface area contributed by atoms with Crippen LogP contribution in [0.2, 0.25) is 0 Å². The van der Waals surface area contributed by atoms with Gasteiger partial charge >= 0.3 is 5.69 Å². The van der Waals surface area contributed by atoms with Crippen LogP contribution in [0.1, 0.15) is 55.6 Å². The van der Waals surface area contributed by atoms with E-state index in [1.807, 2.05) is 0 Å². The van der Waals surface area contributed by atoms with E-state index in [-0.39, 0.29) is 12.1 Å². The van der Waals surface area contributed by atoms with Crippen LogP contribution in [-0.2, 0) is 6.54 Å². The highest BCUT2D eigenvalue weighted by atomic mass is 16.4. The van der Waals surface area contributed by atoms with E-state index in [0.717, 1.165) is 43.7 Å². The molecule has 7 heteroatoms. The number of unbranched alkanes of at least 4 members (excludes halogenated alkanes) is 2. The Hall–Kier alpha value is -1.89. The van der Waals surface area contributed by atoms with Gasteiger partial charge in [-0.15, -0.1) is 0 Å². The molecule has 0 bridgehead atoms. The number of aromatic nitrogens is 2. The average molecular weight is 297 g/mol. The van der Waals surface area contributed by atoms with Crippen molar-refractivity contribution in [2.24, 2.45) is 0 Å². The fourth-order valence-electron chi connectivity index (χ4n) is 2.26. The first kappa shape index (κ1) is 17.2. The number of carboxylic acids is 1. The second-order valence-electron chi connectivity index (χ2n) is 5.18. The minimum atomic E-state index is -1.53. The lowest BCUT2D eigenvalue weighted by molar-refractivity contribution is -0.914. The molecule has 1 aromatic rings. The van der Waals surface area contributed by atoms with Gasteiger partial charge in [-0.05, 0) is 12.8 Å². The molecule has 21 heavy (non-hydrogen) atoms. The molecule has 0 fully saturated rings. The molecule has 0 saturated heterocycles. The first-order chi connectivity index (χ1) is 9.99. The van der Waals surface area contributed by atoms with E-state index in [1.54, 1.807) is 0 Å². The van der Waals surface area contributed by atoms with Crippen LogP contribution in [-0.4, -0.2) is 29.0 Å². The molecule has 0 aliphatic heterocycles. The minimum absolute atomic E-state index is 0.0804. The molecule has 1 aromatic heterocycles. The van der Waals surface area contributed by atoms with Crippen molar-refractivity contribution >= 4 is 5.97 Å². The number of nitrogens with one attached hydrogen (secondary N) is 3. The highest BCUT2D eigenvalue weighted by Gasteiger charge is 2.17. The number of H-pyrrole nitrogens is 2. The summed E-state index contributed by atoms with van der Waals surface area (Å²) in [5, 5.41) is 11.1. The first-order valence-corrected chi connectivity index (χ1v) is 7.39. The summed E-state index contributed by atoms with van der Waals surface area (Å²) < 4.78 is 0. The Labute approximate surface area is 123 Å². The maximum atomic E-state index is 11.9. The molecule has 3 N–H and O–H groups in total. The van der Waals surface area contributed by atoms with Gasteiger partial charge in [0.05, 0.1) is 30.3 Å². The van der Waals surface area contributed by atoms with Crippen LogP contribution < -0.4 is 21.3 Å². The largest absolute Gasteiger partial charge is 0.543 e. The average Bonchev–Trinajstić information content (AvgIpc) is 2.43. The van der Waals surface area contributed by atoms with Gasteiger partial charge in [0.1, 0.15) is 6.54 Å². The SMILES string of the molecule is CCCC[NH+](CCCC)Cc1c(C(=O)[O-])[nH]c(=O)[nH]c1=O. The molecular weight excluding hydrogens is 274 g/mol. The summed E-state index contributed by atoms with van der Waals surface area (Å²) in [5.41, 5.74) is -1.80. The molecule has 118 valence electrons. The Bertz CT molecular complexity index is 568. The molecular formula is C14H23N3O4. The van der Waals surface area contributed by atoms with Crippen molar-refractivity contribution in [1.29, 1.82) is 0 Å². The number of aromatic amines is 2. The van der Waals surface area contributed by atoms with Crippen LogP contribution in [0.5, 0.6) is 0 Å². The number of aromatic carboxylic acids is 1. The number of hydrogen-bond acceptors (Lipinski definition) is 4. The molecule has 0 amide bonds. The maximum Gasteiger partial charge on any atom is 0.326 e. The predicted molar refractivity (Wildman–Crippen MR) is 76.2 cm³/mol. The highest BCUT2D eigenvalue weighted by Crippen LogP contribution is 1.95. The van der Waals surface area contributed by atoms with Crippen LogP contribution in [0.15, 0.2) is 9.59 Å². The van der Waals surface area contributed by atoms with Gasteiger partial charge in [0.2, 0.25) is 0 Å². The lowest BCUT2D eigenvalue weighted by Gasteiger charge is -2.20. The normalized spacial score (nSPS) is 11.0. The van der Waals surface area contributed by atoms with Gasteiger partial charge < -0.3 is 19.8 Å². The fourth-order valence-corrected chi connectivity index (χ4v) is 2.26. The van der Waals surface area contributed by atoms with Crippen LogP contribution in [0, 0.1) is 0 Å². The van der Waals surface area contributed by atoms with Gasteiger partial charge in [0, 0.05) is 0 Å². The van der Waals surface area contributed by atoms with Crippen molar-refractivity contribution in [3.63, 3.8) is 0 Å². The molecule has 0 spiro atoms. The van der Waals surface area contributed by atoms with E-state index < -0.39 is 22.9 Å². The molecule has 0 atom stereocenters. The molecule has 0 aromatic carbocycles. The molecule has 0 aliphatic carbocycles. The number of hydrogen-bond donors (Lipinski definition) is 3. The van der Waals surface area contributed by atoms with E-state index in [9.17, 15) is 19.5 Å². The van der Waals surface area contributed by atoms with E-state index >= 15 is 0 Å². The summed E-state index contributed by atoms with van der Waals surface area (Å²) in [6, 6.07) is 0. The van der Waals surface area contributed by atoms with Crippen molar-refractivity contribution in [1.82, 2.24) is 9.97 Å². The summed E-state index contributed by atoms with van der Waals surface area (Å²) in [5.74, 6) is -1.53. The Kier molecular flexibility index (Phi) is 6.87. The maximum absolute atomic E-state index is 11.9. The van der Waals surface area contributed by atoms with Crippen molar-refractivity contribution in [2.45, 2.75) is 46.1 Å². The van der Waals surface area contributed by atoms with E-state index in [4.69, 9.17) is 0 Å². The Morgan fingerprint density at radius 3 is 2.14 bits per heavy atom. The topological polar surface area (TPSA) is 110 Å². The quantitative estimate of drug-likeness (QED) is 0.510. The van der Waals surface area contributed by atoms with Gasteiger partial charge in [0.25, 0.3) is 5.56 Å². The molecule has 0 aliphatic rings. The van der Waals surface area contributed by atoms with Crippen molar-refractivity contribution in [3.05, 3.63) is 32.1 Å². The molecule has 7 nitrogen and oxygen atoms in total. The summed E-state index contributed by atoms with van der Waals surface area (Å²) in [4.78, 5) is 39.5. The van der Waals surface area contributed by atoms with Crippen molar-refractivity contribution < 1.29 is 14.8 Å². The smallest absolute Gasteiger partial charge is 0.326 e. The molecule has 1 rings (SSSR count). The zero-order chi connectivity index (χ0) is 15.8. The lowest BCUT2D eigenvalue weighted by Crippen LogP contribution is -3.11. The number of carboxylic acid groups (broad SMARTS) is 1. The zero-order valence-corrected chi connectivity index (χ0v) is 12.6. The number of carbonyl (C=O) groups excluding carboxylic acids is 1. The third kappa shape index (κ3) is 5.18. The van der Waals surface area contributed by atoms with Gasteiger partial charge in [-0.2, -0.15) is 0 Å². The standard InChI is InChI=1S/C14H23N3O4/c1-3-5-7-17(8-6-4-2)9-10-11(13(19)20)15-14(21)16-12(10)18/h3-9H2,1-2H3,(H,19,20)(H2,15,16,18,21). The van der Waals surface area contributed by atoms with Crippen LogP contribution in [0.4, 0.5) is 0 Å². The summed E-state index contributed by atoms with van der Waals surface area (Å²) in [6.45, 7) is 6.16. The lowest BCUT2D eigenvalue weighted by atomic mass is 10.2. The molecule has 1 heterocycles. The Morgan fingerprint density at radius 2 is 1.67 bits per heavy atom. The number of rotatable bonds is 9.